The summed E-state index contributed by atoms with van der Waals surface area (Å²) in [6.07, 6.45) is 5.38. The lowest BCUT2D eigenvalue weighted by molar-refractivity contribution is -0.0637. The van der Waals surface area contributed by atoms with E-state index in [-0.39, 0.29) is 24.3 Å². The summed E-state index contributed by atoms with van der Waals surface area (Å²) in [6.45, 7) is 18.7. The Labute approximate surface area is 387 Å². The quantitative estimate of drug-likeness (QED) is 0.165. The van der Waals surface area contributed by atoms with Gasteiger partial charge in [-0.05, 0) is 122 Å². The van der Waals surface area contributed by atoms with Crippen molar-refractivity contribution in [3.63, 3.8) is 0 Å². The molecule has 2 fully saturated rings. The number of carbonyl (C=O) groups excluding carboxylic acids is 2. The second-order valence-electron chi connectivity index (χ2n) is 17.8. The summed E-state index contributed by atoms with van der Waals surface area (Å²) in [7, 11) is 0. The fraction of sp³-hybridized carbons (Fsp3) is 0.455. The molecule has 0 bridgehead atoms. The molecule has 5 aromatic rings. The molecule has 3 atom stereocenters. The normalized spacial score (nSPS) is 18.4. The summed E-state index contributed by atoms with van der Waals surface area (Å²) >= 11 is 18.0. The molecule has 346 valence electrons. The Morgan fingerprint density at radius 2 is 1.11 bits per heavy atom. The second kappa shape index (κ2) is 20.1. The Morgan fingerprint density at radius 3 is 1.52 bits per heavy atom. The highest BCUT2D eigenvalue weighted by atomic mass is 35.5. The third-order valence-corrected chi connectivity index (χ3v) is 10.6. The van der Waals surface area contributed by atoms with Crippen LogP contribution in [-0.2, 0) is 18.9 Å². The number of hydrogen-bond donors (Lipinski definition) is 2. The number of hydrogen-bond acceptors (Lipinski definition) is 12. The van der Waals surface area contributed by atoms with Crippen LogP contribution < -0.4 is 5.73 Å². The van der Waals surface area contributed by atoms with Crippen molar-refractivity contribution in [2.45, 2.75) is 110 Å². The summed E-state index contributed by atoms with van der Waals surface area (Å²) in [5.41, 5.74) is 6.48. The molecule has 0 unspecified atom stereocenters. The van der Waals surface area contributed by atoms with Crippen LogP contribution in [0.3, 0.4) is 0 Å². The van der Waals surface area contributed by atoms with Crippen molar-refractivity contribution in [3.8, 4) is 11.4 Å². The van der Waals surface area contributed by atoms with E-state index in [1.54, 1.807) is 94.6 Å². The summed E-state index contributed by atoms with van der Waals surface area (Å²) in [6, 6.07) is 14.1. The van der Waals surface area contributed by atoms with Gasteiger partial charge in [0.05, 0.1) is 77.8 Å². The number of aliphatic hydroxyl groups excluding tert-OH is 1. The molecule has 0 aliphatic carbocycles. The van der Waals surface area contributed by atoms with Crippen molar-refractivity contribution in [3.05, 3.63) is 117 Å². The number of carbonyl (C=O) groups is 2. The van der Waals surface area contributed by atoms with Crippen molar-refractivity contribution < 1.29 is 38.0 Å². The number of halogens is 4. The largest absolute Gasteiger partial charge is 0.444 e. The number of aliphatic hydroxyl groups is 1. The molecule has 0 saturated carbocycles. The van der Waals surface area contributed by atoms with Crippen LogP contribution in [0.25, 0.3) is 11.4 Å². The van der Waals surface area contributed by atoms with Crippen LogP contribution in [0.5, 0.6) is 0 Å². The molecule has 2 amide bonds. The highest BCUT2D eigenvalue weighted by Crippen LogP contribution is 2.40. The first-order chi connectivity index (χ1) is 29.8. The zero-order chi connectivity index (χ0) is 47.4. The van der Waals surface area contributed by atoms with E-state index in [2.05, 4.69) is 20.4 Å². The van der Waals surface area contributed by atoms with Gasteiger partial charge in [0.2, 0.25) is 0 Å². The Bertz CT molecular complexity index is 2370. The van der Waals surface area contributed by atoms with E-state index in [1.165, 1.54) is 26.6 Å². The molecule has 0 radical (unpaired) electrons. The molecule has 16 nitrogen and oxygen atoms in total. The van der Waals surface area contributed by atoms with E-state index in [1.807, 2.05) is 46.8 Å². The highest BCUT2D eigenvalue weighted by molar-refractivity contribution is 6.32. The van der Waals surface area contributed by atoms with Crippen LogP contribution >= 0.6 is 34.8 Å². The molecule has 64 heavy (non-hydrogen) atoms. The Morgan fingerprint density at radius 1 is 0.719 bits per heavy atom. The third-order valence-electron chi connectivity index (χ3n) is 9.70. The van der Waals surface area contributed by atoms with E-state index < -0.39 is 52.7 Å². The van der Waals surface area contributed by atoms with Gasteiger partial charge in [0.25, 0.3) is 0 Å². The lowest BCUT2D eigenvalue weighted by Crippen LogP contribution is -2.47. The van der Waals surface area contributed by atoms with Crippen LogP contribution in [0, 0.1) is 5.82 Å². The smallest absolute Gasteiger partial charge is 0.413 e. The molecule has 2 saturated heterocycles. The molecule has 4 heterocycles. The fourth-order valence-electron chi connectivity index (χ4n) is 6.72. The molecular weight excluding hydrogens is 892 g/mol. The summed E-state index contributed by atoms with van der Waals surface area (Å²) < 4.78 is 36.3. The molecule has 2 aliphatic heterocycles. The number of benzene rings is 3. The first kappa shape index (κ1) is 50.1. The van der Waals surface area contributed by atoms with E-state index >= 15 is 0 Å². The van der Waals surface area contributed by atoms with Crippen LogP contribution in [-0.4, -0.2) is 99.6 Å². The molecule has 7 rings (SSSR count). The SMILES string of the molecule is CC(C)(C)OC(=O)N1[C@@H](c2ccc(Cl)c(-n3nccn3)c2)COC1(C)C.CC(C)(C)OC(=O)N1[C@@H](c2ccc(Cl)c(F)c2)COC1(C)C.N[C@H](CO)c1ccc(Cl)c(-n2nccn2)c1. The molecule has 3 aromatic carbocycles. The minimum Gasteiger partial charge on any atom is -0.444 e. The van der Waals surface area contributed by atoms with Crippen molar-refractivity contribution >= 4 is 47.0 Å². The molecule has 3 N–H and O–H groups in total. The van der Waals surface area contributed by atoms with Crippen molar-refractivity contribution in [2.75, 3.05) is 19.8 Å². The minimum atomic E-state index is -0.830. The van der Waals surface area contributed by atoms with Gasteiger partial charge in [-0.15, -0.1) is 0 Å². The number of rotatable bonds is 6. The molecular formula is C44H55Cl3FN9O7. The predicted octanol–water partition coefficient (Wildman–Crippen LogP) is 9.40. The van der Waals surface area contributed by atoms with E-state index in [0.29, 0.717) is 33.6 Å². The van der Waals surface area contributed by atoms with Gasteiger partial charge in [0.1, 0.15) is 39.8 Å². The number of nitrogens with two attached hydrogens (primary N) is 1. The molecule has 0 spiro atoms. The molecule has 2 aromatic heterocycles. The van der Waals surface area contributed by atoms with Gasteiger partial charge in [-0.1, -0.05) is 53.0 Å². The van der Waals surface area contributed by atoms with E-state index in [9.17, 15) is 14.0 Å². The maximum Gasteiger partial charge on any atom is 0.413 e. The summed E-state index contributed by atoms with van der Waals surface area (Å²) in [4.78, 5) is 31.3. The van der Waals surface area contributed by atoms with Crippen molar-refractivity contribution in [1.29, 1.82) is 0 Å². The standard InChI is InChI=1S/C18H23ClN4O3.C16H21ClFNO3.C10H11ClN4O/c1-17(2,3)26-16(24)22-15(11-25-18(22,4)5)12-6-7-13(19)14(10-12)23-20-8-9-21-23;1-15(2,3)22-14(20)19-13(9-21-16(19,4)5)10-6-7-11(17)12(18)8-10;11-8-2-1-7(9(12)6-16)5-10(8)15-13-3-4-14-15/h6-10,15H,11H2,1-5H3;6-8,13H,9H2,1-5H3;1-5,9,16H,6,12H2/t15-;13-;9-/m111/s1. The zero-order valence-electron chi connectivity index (χ0n) is 37.4. The second-order valence-corrected chi connectivity index (χ2v) is 19.0. The number of amides is 2. The maximum absolute atomic E-state index is 13.7. The predicted molar refractivity (Wildman–Crippen MR) is 240 cm³/mol. The lowest BCUT2D eigenvalue weighted by atomic mass is 10.0. The number of aromatic nitrogens is 6. The van der Waals surface area contributed by atoms with Crippen molar-refractivity contribution in [2.24, 2.45) is 5.73 Å². The summed E-state index contributed by atoms with van der Waals surface area (Å²) in [5.74, 6) is -0.520. The van der Waals surface area contributed by atoms with Gasteiger partial charge in [0, 0.05) is 0 Å². The molecule has 2 aliphatic rings. The fourth-order valence-corrected chi connectivity index (χ4v) is 7.22. The van der Waals surface area contributed by atoms with Gasteiger partial charge >= 0.3 is 12.2 Å². The average Bonchev–Trinajstić information content (AvgIpc) is 4.03. The summed E-state index contributed by atoms with van der Waals surface area (Å²) in [5, 5.41) is 26.3. The van der Waals surface area contributed by atoms with Crippen LogP contribution in [0.4, 0.5) is 14.0 Å². The number of nitrogens with zero attached hydrogens (tertiary/aromatic N) is 8. The maximum atomic E-state index is 13.7. The molecule has 20 heteroatoms. The van der Waals surface area contributed by atoms with Crippen LogP contribution in [0.2, 0.25) is 15.1 Å². The van der Waals surface area contributed by atoms with Crippen molar-refractivity contribution in [1.82, 2.24) is 39.8 Å². The number of ether oxygens (including phenoxy) is 4. The third kappa shape index (κ3) is 12.5. The van der Waals surface area contributed by atoms with E-state index in [4.69, 9.17) is 64.6 Å². The van der Waals surface area contributed by atoms with Gasteiger partial charge in [-0.25, -0.2) is 14.0 Å². The van der Waals surface area contributed by atoms with Crippen LogP contribution in [0.1, 0.15) is 104 Å². The Balaban J connectivity index is 0.000000186. The average molecular weight is 947 g/mol. The minimum absolute atomic E-state index is 0.0470. The Kier molecular flexibility index (Phi) is 15.7. The highest BCUT2D eigenvalue weighted by Gasteiger charge is 2.47. The Hall–Kier alpha value is -4.88. The topological polar surface area (TPSA) is 185 Å². The van der Waals surface area contributed by atoms with E-state index in [0.717, 1.165) is 11.1 Å². The van der Waals surface area contributed by atoms with Crippen LogP contribution in [0.15, 0.2) is 79.4 Å². The lowest BCUT2D eigenvalue weighted by Gasteiger charge is -2.35. The first-order valence-corrected chi connectivity index (χ1v) is 21.4. The van der Waals surface area contributed by atoms with Gasteiger partial charge < -0.3 is 29.8 Å². The van der Waals surface area contributed by atoms with Gasteiger partial charge in [-0.2, -0.15) is 30.0 Å². The zero-order valence-corrected chi connectivity index (χ0v) is 39.7. The monoisotopic (exact) mass is 945 g/mol. The van der Waals surface area contributed by atoms with Gasteiger partial charge in [0.15, 0.2) is 0 Å². The van der Waals surface area contributed by atoms with Gasteiger partial charge in [-0.3, -0.25) is 9.80 Å². The first-order valence-electron chi connectivity index (χ1n) is 20.3.